The Morgan fingerprint density at radius 1 is 1.11 bits per heavy atom. The summed E-state index contributed by atoms with van der Waals surface area (Å²) in [5, 5.41) is 13.5. The van der Waals surface area contributed by atoms with Gasteiger partial charge in [-0.25, -0.2) is 4.39 Å². The molecule has 1 aliphatic heterocycles. The average molecular weight is 393 g/mol. The van der Waals surface area contributed by atoms with Gasteiger partial charge in [0.25, 0.3) is 0 Å². The molecule has 0 aliphatic carbocycles. The van der Waals surface area contributed by atoms with Gasteiger partial charge in [-0.1, -0.05) is 12.1 Å². The van der Waals surface area contributed by atoms with Crippen LogP contribution in [0.1, 0.15) is 18.4 Å². The fourth-order valence-corrected chi connectivity index (χ4v) is 2.05. The van der Waals surface area contributed by atoms with E-state index in [9.17, 15) is 9.50 Å². The number of piperidine rings is 1. The Kier molecular flexibility index (Phi) is 11.3. The van der Waals surface area contributed by atoms with Crippen LogP contribution in [0.2, 0.25) is 0 Å². The Labute approximate surface area is 144 Å². The molecule has 1 aromatic rings. The first-order chi connectivity index (χ1) is 7.18. The SMILES string of the molecule is OC1(Cc2ccc(F)cc2)CCNCC1.[Br-].[Br-].[Mg+2]. The van der Waals surface area contributed by atoms with E-state index in [4.69, 9.17) is 0 Å². The third kappa shape index (κ3) is 6.30. The Hall–Kier alpha value is 0.796. The summed E-state index contributed by atoms with van der Waals surface area (Å²) in [4.78, 5) is 0. The molecule has 98 valence electrons. The standard InChI is InChI=1S/C12H16FNO.2BrH.Mg/c13-11-3-1-10(2-4-11)9-12(15)5-7-14-8-6-12;;;/h1-4,14-15H,5-9H2;2*1H;/q;;;+2/p-2. The van der Waals surface area contributed by atoms with Gasteiger partial charge in [-0.2, -0.15) is 0 Å². The number of halogens is 3. The number of nitrogens with one attached hydrogen (secondary N) is 1. The van der Waals surface area contributed by atoms with Crippen molar-refractivity contribution in [1.82, 2.24) is 5.32 Å². The molecule has 0 aromatic heterocycles. The predicted molar refractivity (Wildman–Crippen MR) is 62.9 cm³/mol. The molecular weight excluding hydrogens is 377 g/mol. The third-order valence-electron chi connectivity index (χ3n) is 2.98. The Balaban J connectivity index is 0. The number of hydrogen-bond acceptors (Lipinski definition) is 2. The fourth-order valence-electron chi connectivity index (χ4n) is 2.05. The normalized spacial score (nSPS) is 16.8. The van der Waals surface area contributed by atoms with Crippen LogP contribution in [0.25, 0.3) is 0 Å². The van der Waals surface area contributed by atoms with Crippen LogP contribution in [0.15, 0.2) is 24.3 Å². The molecule has 0 atom stereocenters. The first-order valence-electron chi connectivity index (χ1n) is 5.36. The van der Waals surface area contributed by atoms with E-state index in [-0.39, 0.29) is 62.8 Å². The van der Waals surface area contributed by atoms with Crippen molar-refractivity contribution in [2.45, 2.75) is 24.9 Å². The maximum absolute atomic E-state index is 12.7. The van der Waals surface area contributed by atoms with E-state index < -0.39 is 5.60 Å². The van der Waals surface area contributed by atoms with Crippen LogP contribution in [0.5, 0.6) is 0 Å². The minimum absolute atomic E-state index is 0. The van der Waals surface area contributed by atoms with E-state index in [0.29, 0.717) is 6.42 Å². The summed E-state index contributed by atoms with van der Waals surface area (Å²) < 4.78 is 12.7. The molecule has 6 heteroatoms. The molecule has 1 aromatic carbocycles. The van der Waals surface area contributed by atoms with Gasteiger partial charge in [0.1, 0.15) is 5.82 Å². The zero-order valence-corrected chi connectivity index (χ0v) is 14.7. The molecule has 1 saturated heterocycles. The zero-order valence-electron chi connectivity index (χ0n) is 10.1. The maximum Gasteiger partial charge on any atom is 2.00 e. The molecule has 0 unspecified atom stereocenters. The smallest absolute Gasteiger partial charge is 1.00 e. The Morgan fingerprint density at radius 2 is 1.61 bits per heavy atom. The molecule has 0 bridgehead atoms. The number of benzene rings is 1. The van der Waals surface area contributed by atoms with Crippen LogP contribution in [0.4, 0.5) is 4.39 Å². The molecule has 2 N–H and O–H groups in total. The second-order valence-electron chi connectivity index (χ2n) is 4.28. The molecule has 18 heavy (non-hydrogen) atoms. The molecule has 0 saturated carbocycles. The van der Waals surface area contributed by atoms with Crippen LogP contribution in [-0.2, 0) is 6.42 Å². The second-order valence-corrected chi connectivity index (χ2v) is 4.28. The van der Waals surface area contributed by atoms with E-state index in [1.54, 1.807) is 12.1 Å². The first kappa shape index (κ1) is 21.1. The minimum Gasteiger partial charge on any atom is -1.00 e. The monoisotopic (exact) mass is 391 g/mol. The third-order valence-corrected chi connectivity index (χ3v) is 2.98. The average Bonchev–Trinajstić information content (AvgIpc) is 2.22. The van der Waals surface area contributed by atoms with Crippen molar-refractivity contribution in [3.8, 4) is 0 Å². The summed E-state index contributed by atoms with van der Waals surface area (Å²) in [6.07, 6.45) is 2.16. The van der Waals surface area contributed by atoms with E-state index in [0.717, 1.165) is 31.5 Å². The summed E-state index contributed by atoms with van der Waals surface area (Å²) in [7, 11) is 0. The van der Waals surface area contributed by atoms with Gasteiger partial charge < -0.3 is 44.4 Å². The van der Waals surface area contributed by atoms with Crippen LogP contribution in [-0.4, -0.2) is 46.8 Å². The van der Waals surface area contributed by atoms with E-state index in [1.165, 1.54) is 12.1 Å². The maximum atomic E-state index is 12.7. The van der Waals surface area contributed by atoms with Crippen molar-refractivity contribution in [2.75, 3.05) is 13.1 Å². The van der Waals surface area contributed by atoms with Crippen molar-refractivity contribution >= 4 is 23.1 Å². The van der Waals surface area contributed by atoms with Gasteiger partial charge in [0.15, 0.2) is 0 Å². The van der Waals surface area contributed by atoms with Crippen molar-refractivity contribution in [3.63, 3.8) is 0 Å². The van der Waals surface area contributed by atoms with E-state index in [2.05, 4.69) is 5.32 Å². The molecule has 1 aliphatic rings. The van der Waals surface area contributed by atoms with Gasteiger partial charge in [0.05, 0.1) is 5.60 Å². The van der Waals surface area contributed by atoms with Gasteiger partial charge in [0.2, 0.25) is 0 Å². The summed E-state index contributed by atoms with van der Waals surface area (Å²) in [5.74, 6) is -0.226. The topological polar surface area (TPSA) is 32.3 Å². The zero-order chi connectivity index (χ0) is 10.7. The van der Waals surface area contributed by atoms with Crippen LogP contribution in [0, 0.1) is 5.82 Å². The predicted octanol–water partition coefficient (Wildman–Crippen LogP) is -4.89. The molecule has 0 radical (unpaired) electrons. The molecular formula is C12H16Br2FMgNO. The minimum atomic E-state index is -0.608. The fraction of sp³-hybridized carbons (Fsp3) is 0.500. The van der Waals surface area contributed by atoms with E-state index in [1.807, 2.05) is 0 Å². The second kappa shape index (κ2) is 9.66. The van der Waals surface area contributed by atoms with Gasteiger partial charge in [-0.3, -0.25) is 0 Å². The summed E-state index contributed by atoms with van der Waals surface area (Å²) in [6, 6.07) is 6.38. The molecule has 2 nitrogen and oxygen atoms in total. The molecule has 0 amide bonds. The van der Waals surface area contributed by atoms with Crippen molar-refractivity contribution < 1.29 is 43.5 Å². The summed E-state index contributed by atoms with van der Waals surface area (Å²) in [6.45, 7) is 1.72. The molecule has 1 heterocycles. The van der Waals surface area contributed by atoms with Crippen molar-refractivity contribution in [1.29, 1.82) is 0 Å². The van der Waals surface area contributed by atoms with Gasteiger partial charge in [0, 0.05) is 6.42 Å². The Bertz CT molecular complexity index is 331. The quantitative estimate of drug-likeness (QED) is 0.494. The van der Waals surface area contributed by atoms with Crippen molar-refractivity contribution in [3.05, 3.63) is 35.6 Å². The van der Waals surface area contributed by atoms with Crippen LogP contribution < -0.4 is 39.3 Å². The van der Waals surface area contributed by atoms with Crippen molar-refractivity contribution in [2.24, 2.45) is 0 Å². The van der Waals surface area contributed by atoms with Crippen LogP contribution >= 0.6 is 0 Å². The molecule has 2 rings (SSSR count). The number of aliphatic hydroxyl groups is 1. The summed E-state index contributed by atoms with van der Waals surface area (Å²) >= 11 is 0. The number of hydrogen-bond donors (Lipinski definition) is 2. The first-order valence-corrected chi connectivity index (χ1v) is 5.36. The van der Waals surface area contributed by atoms with Gasteiger partial charge in [-0.15, -0.1) is 0 Å². The van der Waals surface area contributed by atoms with Gasteiger partial charge in [-0.05, 0) is 43.6 Å². The van der Waals surface area contributed by atoms with Gasteiger partial charge >= 0.3 is 23.1 Å². The summed E-state index contributed by atoms with van der Waals surface area (Å²) in [5.41, 5.74) is 0.393. The van der Waals surface area contributed by atoms with E-state index >= 15 is 0 Å². The Morgan fingerprint density at radius 3 is 2.11 bits per heavy atom. The molecule has 1 fully saturated rings. The number of rotatable bonds is 2. The van der Waals surface area contributed by atoms with Crippen LogP contribution in [0.3, 0.4) is 0 Å². The molecule has 0 spiro atoms. The largest absolute Gasteiger partial charge is 2.00 e.